The van der Waals surface area contributed by atoms with Crippen LogP contribution >= 0.6 is 11.3 Å². The van der Waals surface area contributed by atoms with Crippen LogP contribution in [0.15, 0.2) is 130 Å². The molecule has 0 saturated heterocycles. The fourth-order valence-corrected chi connectivity index (χ4v) is 7.66. The number of hydrogen-bond donors (Lipinski definition) is 0. The van der Waals surface area contributed by atoms with Crippen molar-refractivity contribution in [2.45, 2.75) is 0 Å². The topological polar surface area (TPSA) is 52.1 Å². The first-order valence-corrected chi connectivity index (χ1v) is 15.0. The highest BCUT2D eigenvalue weighted by Crippen LogP contribution is 2.41. The Morgan fingerprint density at radius 3 is 2.14 bits per heavy atom. The number of furan rings is 2. The molecule has 4 nitrogen and oxygen atoms in total. The summed E-state index contributed by atoms with van der Waals surface area (Å²) in [6.07, 6.45) is 0. The van der Waals surface area contributed by atoms with Gasteiger partial charge in [0.25, 0.3) is 0 Å². The van der Waals surface area contributed by atoms with E-state index < -0.39 is 0 Å². The molecule has 0 aliphatic rings. The summed E-state index contributed by atoms with van der Waals surface area (Å²) in [5, 5.41) is 5.78. The van der Waals surface area contributed by atoms with Crippen molar-refractivity contribution in [3.8, 4) is 22.3 Å². The lowest BCUT2D eigenvalue weighted by Gasteiger charge is -2.05. The molecule has 0 N–H and O–H groups in total. The van der Waals surface area contributed by atoms with Crippen molar-refractivity contribution in [2.24, 2.45) is 0 Å². The van der Waals surface area contributed by atoms with Crippen LogP contribution in [-0.2, 0) is 0 Å². The average molecular weight is 569 g/mol. The predicted molar refractivity (Wildman–Crippen MR) is 178 cm³/mol. The summed E-state index contributed by atoms with van der Waals surface area (Å²) in [6, 6.07) is 42.3. The molecule has 0 aliphatic carbocycles. The lowest BCUT2D eigenvalue weighted by Crippen LogP contribution is -1.87. The lowest BCUT2D eigenvalue weighted by molar-refractivity contribution is 0.655. The molecule has 6 aromatic carbocycles. The molecule has 0 amide bonds. The minimum Gasteiger partial charge on any atom is -0.456 e. The van der Waals surface area contributed by atoms with Crippen molar-refractivity contribution < 1.29 is 8.83 Å². The highest BCUT2D eigenvalue weighted by Gasteiger charge is 2.16. The van der Waals surface area contributed by atoms with Crippen LogP contribution in [0.25, 0.3) is 97.6 Å². The van der Waals surface area contributed by atoms with E-state index in [1.54, 1.807) is 0 Å². The van der Waals surface area contributed by atoms with Crippen molar-refractivity contribution in [1.29, 1.82) is 0 Å². The van der Waals surface area contributed by atoms with E-state index in [2.05, 4.69) is 84.9 Å². The van der Waals surface area contributed by atoms with Gasteiger partial charge in [0.2, 0.25) is 5.71 Å². The standard InChI is InChI=1S/C38H20N2O2S/c1-3-10-32-25(6-1)28-18-21(13-16-33(28)41-32)22-12-15-30-31(20-22)39-36-29-19-23(14-17-34(29)42-38(36)40-30)24-8-5-9-27-26-7-2-4-11-35(26)43-37(24)27/h1-20H. The van der Waals surface area contributed by atoms with Crippen molar-refractivity contribution in [3.63, 3.8) is 0 Å². The van der Waals surface area contributed by atoms with Gasteiger partial charge in [0.15, 0.2) is 0 Å². The fourth-order valence-electron chi connectivity index (χ4n) is 6.42. The Morgan fingerprint density at radius 2 is 1.19 bits per heavy atom. The van der Waals surface area contributed by atoms with Crippen LogP contribution in [0.1, 0.15) is 0 Å². The SMILES string of the molecule is c1ccc2c(c1)oc1ccc(-c3ccc4nc5oc6ccc(-c7cccc8c7sc7ccccc78)cc6c5nc4c3)cc12. The summed E-state index contributed by atoms with van der Waals surface area (Å²) in [6.45, 7) is 0. The minimum atomic E-state index is 0.554. The monoisotopic (exact) mass is 568 g/mol. The van der Waals surface area contributed by atoms with Gasteiger partial charge in [0.1, 0.15) is 22.3 Å². The number of fused-ring (bicyclic) bond motifs is 10. The van der Waals surface area contributed by atoms with E-state index in [9.17, 15) is 0 Å². The van der Waals surface area contributed by atoms with Gasteiger partial charge in [0, 0.05) is 36.3 Å². The number of aromatic nitrogens is 2. The maximum Gasteiger partial charge on any atom is 0.246 e. The number of hydrogen-bond acceptors (Lipinski definition) is 5. The number of benzene rings is 6. The second kappa shape index (κ2) is 8.51. The van der Waals surface area contributed by atoms with E-state index in [1.165, 1.54) is 25.7 Å². The van der Waals surface area contributed by atoms with Gasteiger partial charge in [-0.2, -0.15) is 0 Å². The Labute approximate surface area is 248 Å². The summed E-state index contributed by atoms with van der Waals surface area (Å²) in [4.78, 5) is 9.99. The van der Waals surface area contributed by atoms with Crippen LogP contribution < -0.4 is 0 Å². The molecule has 0 bridgehead atoms. The zero-order valence-corrected chi connectivity index (χ0v) is 23.5. The molecule has 0 saturated carbocycles. The van der Waals surface area contributed by atoms with E-state index in [-0.39, 0.29) is 0 Å². The molecule has 200 valence electrons. The van der Waals surface area contributed by atoms with Gasteiger partial charge >= 0.3 is 0 Å². The van der Waals surface area contributed by atoms with E-state index in [4.69, 9.17) is 18.8 Å². The molecule has 10 rings (SSSR count). The van der Waals surface area contributed by atoms with Crippen LogP contribution in [0.5, 0.6) is 0 Å². The number of thiophene rings is 1. The van der Waals surface area contributed by atoms with Gasteiger partial charge in [-0.05, 0) is 70.8 Å². The third kappa shape index (κ3) is 3.37. The molecule has 4 aromatic heterocycles. The summed E-state index contributed by atoms with van der Waals surface area (Å²) in [7, 11) is 0. The molecule has 5 heteroatoms. The van der Waals surface area contributed by atoms with Gasteiger partial charge in [0.05, 0.1) is 11.0 Å². The van der Waals surface area contributed by atoms with Crippen LogP contribution in [0.4, 0.5) is 0 Å². The molecular formula is C38H20N2O2S. The number of para-hydroxylation sites is 1. The molecule has 10 aromatic rings. The van der Waals surface area contributed by atoms with E-state index >= 15 is 0 Å². The highest BCUT2D eigenvalue weighted by atomic mass is 32.1. The first-order valence-electron chi connectivity index (χ1n) is 14.2. The van der Waals surface area contributed by atoms with Crippen LogP contribution in [0.2, 0.25) is 0 Å². The fraction of sp³-hybridized carbons (Fsp3) is 0. The van der Waals surface area contributed by atoms with Crippen molar-refractivity contribution in [2.75, 3.05) is 0 Å². The zero-order valence-electron chi connectivity index (χ0n) is 22.7. The number of rotatable bonds is 2. The molecule has 0 aliphatic heterocycles. The zero-order chi connectivity index (χ0) is 28.1. The minimum absolute atomic E-state index is 0.554. The smallest absolute Gasteiger partial charge is 0.246 e. The summed E-state index contributed by atoms with van der Waals surface area (Å²) in [5.41, 5.74) is 10.1. The van der Waals surface area contributed by atoms with Gasteiger partial charge in [-0.1, -0.05) is 72.8 Å². The first-order chi connectivity index (χ1) is 21.3. The molecule has 0 unspecified atom stereocenters. The Hall–Kier alpha value is -5.52. The van der Waals surface area contributed by atoms with E-state index in [0.29, 0.717) is 5.71 Å². The third-order valence-electron chi connectivity index (χ3n) is 8.50. The van der Waals surface area contributed by atoms with E-state index in [0.717, 1.165) is 66.1 Å². The van der Waals surface area contributed by atoms with Crippen LogP contribution in [0.3, 0.4) is 0 Å². The molecular weight excluding hydrogens is 548 g/mol. The van der Waals surface area contributed by atoms with Gasteiger partial charge < -0.3 is 8.83 Å². The average Bonchev–Trinajstić information content (AvgIpc) is 3.73. The van der Waals surface area contributed by atoms with Crippen molar-refractivity contribution >= 4 is 86.7 Å². The first kappa shape index (κ1) is 23.1. The summed E-state index contributed by atoms with van der Waals surface area (Å²) in [5.74, 6) is 0. The Balaban J connectivity index is 1.14. The maximum absolute atomic E-state index is 6.20. The Morgan fingerprint density at radius 1 is 0.465 bits per heavy atom. The van der Waals surface area contributed by atoms with Gasteiger partial charge in [-0.25, -0.2) is 9.97 Å². The van der Waals surface area contributed by atoms with Crippen LogP contribution in [-0.4, -0.2) is 9.97 Å². The van der Waals surface area contributed by atoms with E-state index in [1.807, 2.05) is 47.7 Å². The van der Waals surface area contributed by atoms with Gasteiger partial charge in [-0.3, -0.25) is 0 Å². The van der Waals surface area contributed by atoms with Crippen LogP contribution in [0, 0.1) is 0 Å². The largest absolute Gasteiger partial charge is 0.456 e. The summed E-state index contributed by atoms with van der Waals surface area (Å²) >= 11 is 1.84. The predicted octanol–water partition coefficient (Wildman–Crippen LogP) is 11.1. The molecule has 4 heterocycles. The highest BCUT2D eigenvalue weighted by molar-refractivity contribution is 7.26. The second-order valence-corrected chi connectivity index (χ2v) is 12.0. The molecule has 0 spiro atoms. The Bertz CT molecular complexity index is 2750. The summed E-state index contributed by atoms with van der Waals surface area (Å²) < 4.78 is 14.8. The third-order valence-corrected chi connectivity index (χ3v) is 9.72. The van der Waals surface area contributed by atoms with Gasteiger partial charge in [-0.15, -0.1) is 11.3 Å². The quantitative estimate of drug-likeness (QED) is 0.208. The lowest BCUT2D eigenvalue weighted by atomic mass is 10.0. The number of nitrogens with zero attached hydrogens (tertiary/aromatic N) is 2. The normalized spacial score (nSPS) is 12.2. The molecule has 0 fully saturated rings. The van der Waals surface area contributed by atoms with Crippen molar-refractivity contribution in [1.82, 2.24) is 9.97 Å². The second-order valence-electron chi connectivity index (χ2n) is 11.0. The molecule has 0 atom stereocenters. The van der Waals surface area contributed by atoms with Crippen molar-refractivity contribution in [3.05, 3.63) is 121 Å². The molecule has 0 radical (unpaired) electrons. The maximum atomic E-state index is 6.20. The molecule has 43 heavy (non-hydrogen) atoms. The Kier molecular flexibility index (Phi) is 4.57.